The summed E-state index contributed by atoms with van der Waals surface area (Å²) < 4.78 is 53.4. The highest BCUT2D eigenvalue weighted by Crippen LogP contribution is 2.32. The van der Waals surface area contributed by atoms with E-state index >= 15 is 4.39 Å². The molecular weight excluding hydrogens is 558 g/mol. The lowest BCUT2D eigenvalue weighted by atomic mass is 10.1. The second kappa shape index (κ2) is 11.9. The largest absolute Gasteiger partial charge is 0.473 e. The first kappa shape index (κ1) is 27.8. The van der Waals surface area contributed by atoms with Crippen molar-refractivity contribution in [3.05, 3.63) is 101 Å². The molecule has 0 radical (unpaired) electrons. The molecule has 9 nitrogen and oxygen atoms in total. The Morgan fingerprint density at radius 2 is 1.93 bits per heavy atom. The summed E-state index contributed by atoms with van der Waals surface area (Å²) in [6.07, 6.45) is 0.805. The molecule has 1 saturated heterocycles. The first-order valence-electron chi connectivity index (χ1n) is 13.4. The van der Waals surface area contributed by atoms with E-state index in [2.05, 4.69) is 9.97 Å². The number of nitriles is 1. The van der Waals surface area contributed by atoms with E-state index in [4.69, 9.17) is 24.2 Å². The summed E-state index contributed by atoms with van der Waals surface area (Å²) in [5, 5.41) is 8.91. The van der Waals surface area contributed by atoms with Crippen molar-refractivity contribution in [3.8, 4) is 35.0 Å². The molecule has 0 saturated carbocycles. The molecule has 6 rings (SSSR count). The molecule has 216 valence electrons. The molecule has 0 spiro atoms. The minimum absolute atomic E-state index is 0.0493. The zero-order valence-electron chi connectivity index (χ0n) is 22.9. The molecule has 0 N–H and O–H groups in total. The maximum Gasteiger partial charge on any atom is 0.337 e. The Kier molecular flexibility index (Phi) is 7.68. The fraction of sp³-hybridized carbons (Fsp3) is 0.188. The quantitative estimate of drug-likeness (QED) is 0.189. The van der Waals surface area contributed by atoms with E-state index in [1.165, 1.54) is 31.4 Å². The second-order valence-electron chi connectivity index (χ2n) is 9.80. The van der Waals surface area contributed by atoms with E-state index in [0.29, 0.717) is 41.0 Å². The lowest BCUT2D eigenvalue weighted by Gasteiger charge is -2.27. The van der Waals surface area contributed by atoms with Gasteiger partial charge in [-0.3, -0.25) is 4.57 Å². The van der Waals surface area contributed by atoms with Gasteiger partial charge in [0, 0.05) is 23.8 Å². The molecule has 1 aliphatic heterocycles. The SMILES string of the molecule is COC(=O)c1ccc2nc(Oc3ccc(-c4cccc(OCc5ccc(C#N)cc5F)n4)cc3F)n(C[C@@H]3CCO3)c2c1. The Labute approximate surface area is 244 Å². The van der Waals surface area contributed by atoms with Crippen LogP contribution in [-0.4, -0.2) is 40.3 Å². The zero-order valence-corrected chi connectivity index (χ0v) is 22.9. The number of carbonyl (C=O) groups excluding carboxylic acids is 1. The minimum atomic E-state index is -0.640. The first-order valence-corrected chi connectivity index (χ1v) is 13.4. The number of ether oxygens (including phenoxy) is 4. The van der Waals surface area contributed by atoms with Gasteiger partial charge in [-0.05, 0) is 61.0 Å². The van der Waals surface area contributed by atoms with Crippen LogP contribution < -0.4 is 9.47 Å². The number of hydrogen-bond donors (Lipinski definition) is 0. The molecule has 3 heterocycles. The smallest absolute Gasteiger partial charge is 0.337 e. The van der Waals surface area contributed by atoms with E-state index in [-0.39, 0.29) is 41.5 Å². The average molecular weight is 583 g/mol. The molecule has 5 aromatic rings. The van der Waals surface area contributed by atoms with Gasteiger partial charge in [-0.15, -0.1) is 0 Å². The lowest BCUT2D eigenvalue weighted by molar-refractivity contribution is -0.0593. The maximum atomic E-state index is 15.4. The van der Waals surface area contributed by atoms with Crippen LogP contribution in [0.15, 0.2) is 72.8 Å². The second-order valence-corrected chi connectivity index (χ2v) is 9.80. The van der Waals surface area contributed by atoms with Crippen LogP contribution in [0.3, 0.4) is 0 Å². The van der Waals surface area contributed by atoms with Crippen molar-refractivity contribution >= 4 is 17.0 Å². The molecular formula is C32H24F2N4O5. The standard InChI is InChI=1S/C32H24F2N4O5/c1-40-31(39)21-7-9-27-28(15-21)38(17-23-11-12-41-23)32(37-27)43-29-10-8-20(14-25(29)34)26-3-2-4-30(36-26)42-18-22-6-5-19(16-35)13-24(22)33/h2-10,13-15,23H,11-12,17-18H2,1H3/t23-/m0/s1. The molecule has 0 aliphatic carbocycles. The van der Waals surface area contributed by atoms with Gasteiger partial charge in [0.25, 0.3) is 0 Å². The van der Waals surface area contributed by atoms with E-state index in [1.807, 2.05) is 6.07 Å². The third-order valence-electron chi connectivity index (χ3n) is 7.02. The number of benzene rings is 3. The number of pyridine rings is 1. The Morgan fingerprint density at radius 1 is 1.07 bits per heavy atom. The molecule has 0 unspecified atom stereocenters. The lowest BCUT2D eigenvalue weighted by Crippen LogP contribution is -2.31. The van der Waals surface area contributed by atoms with Crippen molar-refractivity contribution in [2.75, 3.05) is 13.7 Å². The van der Waals surface area contributed by atoms with Gasteiger partial charge < -0.3 is 18.9 Å². The van der Waals surface area contributed by atoms with Crippen LogP contribution in [0.25, 0.3) is 22.3 Å². The third-order valence-corrected chi connectivity index (χ3v) is 7.02. The van der Waals surface area contributed by atoms with Gasteiger partial charge in [0.1, 0.15) is 12.4 Å². The number of carbonyl (C=O) groups is 1. The minimum Gasteiger partial charge on any atom is -0.473 e. The Morgan fingerprint density at radius 3 is 2.65 bits per heavy atom. The summed E-state index contributed by atoms with van der Waals surface area (Å²) in [7, 11) is 1.31. The van der Waals surface area contributed by atoms with E-state index < -0.39 is 17.6 Å². The summed E-state index contributed by atoms with van der Waals surface area (Å²) in [4.78, 5) is 21.1. The predicted molar refractivity (Wildman–Crippen MR) is 151 cm³/mol. The molecule has 0 amide bonds. The number of hydrogen-bond acceptors (Lipinski definition) is 8. The third kappa shape index (κ3) is 5.86. The van der Waals surface area contributed by atoms with E-state index in [9.17, 15) is 9.18 Å². The number of methoxy groups -OCH3 is 1. The monoisotopic (exact) mass is 582 g/mol. The van der Waals surface area contributed by atoms with Gasteiger partial charge in [0.05, 0.1) is 53.7 Å². The Hall–Kier alpha value is -5.34. The van der Waals surface area contributed by atoms with Crippen LogP contribution in [0.5, 0.6) is 17.6 Å². The number of halogens is 2. The number of nitrogens with zero attached hydrogens (tertiary/aromatic N) is 4. The van der Waals surface area contributed by atoms with Crippen molar-refractivity contribution in [3.63, 3.8) is 0 Å². The normalized spacial score (nSPS) is 14.1. The van der Waals surface area contributed by atoms with Gasteiger partial charge >= 0.3 is 12.0 Å². The van der Waals surface area contributed by atoms with Gasteiger partial charge in [-0.2, -0.15) is 10.2 Å². The van der Waals surface area contributed by atoms with Gasteiger partial charge in [0.15, 0.2) is 11.6 Å². The van der Waals surface area contributed by atoms with Crippen molar-refractivity contribution in [2.45, 2.75) is 25.7 Å². The van der Waals surface area contributed by atoms with Crippen LogP contribution in [0, 0.1) is 23.0 Å². The first-order chi connectivity index (χ1) is 20.9. The summed E-state index contributed by atoms with van der Waals surface area (Å²) >= 11 is 0. The van der Waals surface area contributed by atoms with Crippen LogP contribution >= 0.6 is 0 Å². The molecule has 43 heavy (non-hydrogen) atoms. The highest BCUT2D eigenvalue weighted by Gasteiger charge is 2.24. The number of esters is 1. The number of aromatic nitrogens is 3. The van der Waals surface area contributed by atoms with Crippen molar-refractivity contribution in [2.24, 2.45) is 0 Å². The number of fused-ring (bicyclic) bond motifs is 1. The van der Waals surface area contributed by atoms with Gasteiger partial charge in [-0.25, -0.2) is 18.6 Å². The Balaban J connectivity index is 1.23. The van der Waals surface area contributed by atoms with Gasteiger partial charge in [-0.1, -0.05) is 12.1 Å². The fourth-order valence-corrected chi connectivity index (χ4v) is 4.61. The predicted octanol–water partition coefficient (Wildman–Crippen LogP) is 6.19. The summed E-state index contributed by atoms with van der Waals surface area (Å²) in [5.41, 5.74) is 2.96. The number of rotatable bonds is 9. The van der Waals surface area contributed by atoms with Crippen molar-refractivity contribution in [1.29, 1.82) is 5.26 Å². The van der Waals surface area contributed by atoms with Crippen LogP contribution in [0.1, 0.15) is 27.9 Å². The van der Waals surface area contributed by atoms with Gasteiger partial charge in [0.2, 0.25) is 5.88 Å². The molecule has 1 fully saturated rings. The molecule has 11 heteroatoms. The molecule has 1 aliphatic rings. The van der Waals surface area contributed by atoms with E-state index in [0.717, 1.165) is 12.5 Å². The van der Waals surface area contributed by atoms with Crippen LogP contribution in [0.4, 0.5) is 8.78 Å². The van der Waals surface area contributed by atoms with Crippen LogP contribution in [0.2, 0.25) is 0 Å². The summed E-state index contributed by atoms with van der Waals surface area (Å²) in [6.45, 7) is 0.978. The topological polar surface area (TPSA) is 108 Å². The Bertz CT molecular complexity index is 1880. The maximum absolute atomic E-state index is 15.4. The molecule has 2 aromatic heterocycles. The highest BCUT2D eigenvalue weighted by molar-refractivity contribution is 5.93. The van der Waals surface area contributed by atoms with Crippen molar-refractivity contribution < 1.29 is 32.5 Å². The number of imidazole rings is 1. The highest BCUT2D eigenvalue weighted by atomic mass is 19.1. The van der Waals surface area contributed by atoms with E-state index in [1.54, 1.807) is 47.0 Å². The fourth-order valence-electron chi connectivity index (χ4n) is 4.61. The molecule has 0 bridgehead atoms. The molecule has 3 aromatic carbocycles. The summed E-state index contributed by atoms with van der Waals surface area (Å²) in [5.74, 6) is -1.50. The summed E-state index contributed by atoms with van der Waals surface area (Å²) in [6, 6.07) is 20.6. The zero-order chi connectivity index (χ0) is 29.9. The average Bonchev–Trinajstić information content (AvgIpc) is 3.34. The van der Waals surface area contributed by atoms with Crippen LogP contribution in [-0.2, 0) is 22.6 Å². The van der Waals surface area contributed by atoms with Crippen molar-refractivity contribution in [1.82, 2.24) is 14.5 Å². The molecule has 1 atom stereocenters.